The Labute approximate surface area is 78.0 Å². The van der Waals surface area contributed by atoms with Crippen molar-refractivity contribution in [2.75, 3.05) is 6.54 Å². The van der Waals surface area contributed by atoms with Crippen molar-refractivity contribution >= 4 is 0 Å². The van der Waals surface area contributed by atoms with E-state index in [0.717, 1.165) is 18.1 Å². The maximum Gasteiger partial charge on any atom is 0.124 e. The molecule has 3 heteroatoms. The highest BCUT2D eigenvalue weighted by molar-refractivity contribution is 5.25. The van der Waals surface area contributed by atoms with Crippen molar-refractivity contribution < 1.29 is 0 Å². The molecule has 3 nitrogen and oxygen atoms in total. The Balaban J connectivity index is 2.15. The molecule has 1 aliphatic rings. The van der Waals surface area contributed by atoms with Crippen molar-refractivity contribution in [1.29, 1.82) is 0 Å². The summed E-state index contributed by atoms with van der Waals surface area (Å²) in [7, 11) is 0. The summed E-state index contributed by atoms with van der Waals surface area (Å²) in [6.07, 6.45) is 4.21. The van der Waals surface area contributed by atoms with Crippen molar-refractivity contribution in [3.63, 3.8) is 0 Å². The normalized spacial score (nSPS) is 21.2. The van der Waals surface area contributed by atoms with Gasteiger partial charge in [-0.1, -0.05) is 5.92 Å². The first kappa shape index (κ1) is 8.33. The molecule has 0 amide bonds. The molecule has 1 aromatic heterocycles. The maximum absolute atomic E-state index is 4.30. The minimum atomic E-state index is 0.410. The minimum absolute atomic E-state index is 0.410. The average molecular weight is 175 g/mol. The molecular weight excluding hydrogens is 162 g/mol. The minimum Gasteiger partial charge on any atom is -0.334 e. The van der Waals surface area contributed by atoms with Gasteiger partial charge in [0.1, 0.15) is 11.5 Å². The molecule has 0 aliphatic carbocycles. The number of nitrogens with one attached hydrogen (secondary N) is 2. The predicted molar refractivity (Wildman–Crippen MR) is 51.1 cm³/mol. The molecule has 1 fully saturated rings. The van der Waals surface area contributed by atoms with E-state index in [1.54, 1.807) is 6.20 Å². The summed E-state index contributed by atoms with van der Waals surface area (Å²) in [6.45, 7) is 2.93. The molecule has 2 N–H and O–H groups in total. The zero-order valence-electron chi connectivity index (χ0n) is 7.72. The summed E-state index contributed by atoms with van der Waals surface area (Å²) < 4.78 is 0. The van der Waals surface area contributed by atoms with Crippen LogP contribution in [0.3, 0.4) is 0 Å². The van der Waals surface area contributed by atoms with Gasteiger partial charge in [0.05, 0.1) is 12.2 Å². The van der Waals surface area contributed by atoms with Gasteiger partial charge in [0, 0.05) is 0 Å². The van der Waals surface area contributed by atoms with Crippen LogP contribution in [0.2, 0.25) is 0 Å². The molecule has 2 heterocycles. The fourth-order valence-electron chi connectivity index (χ4n) is 1.63. The van der Waals surface area contributed by atoms with Gasteiger partial charge in [-0.3, -0.25) is 0 Å². The van der Waals surface area contributed by atoms with E-state index >= 15 is 0 Å². The Hall–Kier alpha value is -1.27. The molecule has 13 heavy (non-hydrogen) atoms. The molecule has 0 aromatic carbocycles. The molecule has 1 saturated heterocycles. The first-order valence-electron chi connectivity index (χ1n) is 4.61. The van der Waals surface area contributed by atoms with Crippen LogP contribution < -0.4 is 5.32 Å². The molecule has 2 rings (SSSR count). The van der Waals surface area contributed by atoms with Gasteiger partial charge in [-0.2, -0.15) is 0 Å². The Bertz CT molecular complexity index is 337. The molecule has 68 valence electrons. The lowest BCUT2D eigenvalue weighted by atomic mass is 10.2. The van der Waals surface area contributed by atoms with E-state index in [1.807, 2.05) is 6.92 Å². The second kappa shape index (κ2) is 3.63. The van der Waals surface area contributed by atoms with Crippen molar-refractivity contribution in [3.05, 3.63) is 17.7 Å². The van der Waals surface area contributed by atoms with Gasteiger partial charge in [-0.05, 0) is 32.2 Å². The Morgan fingerprint density at radius 3 is 3.23 bits per heavy atom. The highest BCUT2D eigenvalue weighted by atomic mass is 15.0. The molecular formula is C10H13N3. The van der Waals surface area contributed by atoms with Crippen LogP contribution in [-0.2, 0) is 0 Å². The van der Waals surface area contributed by atoms with E-state index in [0.29, 0.717) is 6.04 Å². The van der Waals surface area contributed by atoms with Gasteiger partial charge in [0.25, 0.3) is 0 Å². The Morgan fingerprint density at radius 2 is 2.54 bits per heavy atom. The van der Waals surface area contributed by atoms with Crippen LogP contribution in [0.4, 0.5) is 0 Å². The van der Waals surface area contributed by atoms with E-state index in [2.05, 4.69) is 27.1 Å². The van der Waals surface area contributed by atoms with E-state index in [9.17, 15) is 0 Å². The summed E-state index contributed by atoms with van der Waals surface area (Å²) in [6, 6.07) is 0.410. The van der Waals surface area contributed by atoms with Crippen molar-refractivity contribution in [2.45, 2.75) is 25.8 Å². The van der Waals surface area contributed by atoms with E-state index in [4.69, 9.17) is 0 Å². The molecule has 1 aliphatic heterocycles. The standard InChI is InChI=1S/C10H13N3/c1-2-4-8-7-12-10(13-8)9-5-3-6-11-9/h7,9,11H,3,5-6H2,1H3,(H,12,13). The van der Waals surface area contributed by atoms with Gasteiger partial charge < -0.3 is 10.3 Å². The van der Waals surface area contributed by atoms with Crippen LogP contribution in [-0.4, -0.2) is 16.5 Å². The van der Waals surface area contributed by atoms with Crippen LogP contribution in [0.25, 0.3) is 0 Å². The Morgan fingerprint density at radius 1 is 1.62 bits per heavy atom. The van der Waals surface area contributed by atoms with Crippen LogP contribution in [0.5, 0.6) is 0 Å². The van der Waals surface area contributed by atoms with Crippen LogP contribution in [0, 0.1) is 11.8 Å². The number of hydrogen-bond donors (Lipinski definition) is 2. The largest absolute Gasteiger partial charge is 0.334 e. The number of hydrogen-bond acceptors (Lipinski definition) is 2. The van der Waals surface area contributed by atoms with E-state index < -0.39 is 0 Å². The van der Waals surface area contributed by atoms with Gasteiger partial charge in [0.2, 0.25) is 0 Å². The maximum atomic E-state index is 4.30. The third-order valence-corrected chi connectivity index (χ3v) is 2.25. The second-order valence-electron chi connectivity index (χ2n) is 3.21. The van der Waals surface area contributed by atoms with Gasteiger partial charge in [0.15, 0.2) is 0 Å². The number of H-pyrrole nitrogens is 1. The molecule has 0 bridgehead atoms. The van der Waals surface area contributed by atoms with E-state index in [-0.39, 0.29) is 0 Å². The van der Waals surface area contributed by atoms with Crippen LogP contribution in [0.15, 0.2) is 6.20 Å². The smallest absolute Gasteiger partial charge is 0.124 e. The number of aromatic nitrogens is 2. The monoisotopic (exact) mass is 175 g/mol. The molecule has 0 radical (unpaired) electrons. The van der Waals surface area contributed by atoms with Crippen molar-refractivity contribution in [3.8, 4) is 11.8 Å². The number of imidazole rings is 1. The van der Waals surface area contributed by atoms with Crippen molar-refractivity contribution in [2.24, 2.45) is 0 Å². The summed E-state index contributed by atoms with van der Waals surface area (Å²) in [4.78, 5) is 7.51. The molecule has 1 aromatic rings. The quantitative estimate of drug-likeness (QED) is 0.630. The van der Waals surface area contributed by atoms with Gasteiger partial charge >= 0.3 is 0 Å². The van der Waals surface area contributed by atoms with Crippen LogP contribution >= 0.6 is 0 Å². The highest BCUT2D eigenvalue weighted by Crippen LogP contribution is 2.19. The highest BCUT2D eigenvalue weighted by Gasteiger charge is 2.18. The second-order valence-corrected chi connectivity index (χ2v) is 3.21. The summed E-state index contributed by atoms with van der Waals surface area (Å²) in [5.74, 6) is 6.83. The number of aromatic amines is 1. The SMILES string of the molecule is CC#Cc1cnc(C2CCCN2)[nH]1. The molecule has 1 atom stereocenters. The summed E-state index contributed by atoms with van der Waals surface area (Å²) >= 11 is 0. The first-order chi connectivity index (χ1) is 6.40. The van der Waals surface area contributed by atoms with E-state index in [1.165, 1.54) is 12.8 Å². The van der Waals surface area contributed by atoms with Gasteiger partial charge in [-0.15, -0.1) is 0 Å². The molecule has 0 spiro atoms. The third kappa shape index (κ3) is 1.73. The summed E-state index contributed by atoms with van der Waals surface area (Å²) in [5, 5.41) is 3.39. The zero-order chi connectivity index (χ0) is 9.10. The zero-order valence-corrected chi connectivity index (χ0v) is 7.72. The van der Waals surface area contributed by atoms with Crippen LogP contribution in [0.1, 0.15) is 37.3 Å². The lowest BCUT2D eigenvalue weighted by Gasteiger charge is -2.04. The third-order valence-electron chi connectivity index (χ3n) is 2.25. The number of rotatable bonds is 1. The fourth-order valence-corrected chi connectivity index (χ4v) is 1.63. The molecule has 0 saturated carbocycles. The summed E-state index contributed by atoms with van der Waals surface area (Å²) in [5.41, 5.74) is 0.909. The van der Waals surface area contributed by atoms with Crippen molar-refractivity contribution in [1.82, 2.24) is 15.3 Å². The lowest BCUT2D eigenvalue weighted by molar-refractivity contribution is 0.612. The first-order valence-corrected chi connectivity index (χ1v) is 4.61. The number of nitrogens with zero attached hydrogens (tertiary/aromatic N) is 1. The molecule has 1 unspecified atom stereocenters. The topological polar surface area (TPSA) is 40.7 Å². The fraction of sp³-hybridized carbons (Fsp3) is 0.500. The lowest BCUT2D eigenvalue weighted by Crippen LogP contribution is -2.14. The van der Waals surface area contributed by atoms with Gasteiger partial charge in [-0.25, -0.2) is 4.98 Å². The predicted octanol–water partition coefficient (Wildman–Crippen LogP) is 1.21. The Kier molecular flexibility index (Phi) is 2.33. The average Bonchev–Trinajstić information content (AvgIpc) is 2.70.